The van der Waals surface area contributed by atoms with Gasteiger partial charge in [0.15, 0.2) is 6.61 Å². The molecule has 0 bridgehead atoms. The minimum Gasteiger partial charge on any atom is -0.482 e. The number of nitriles is 1. The van der Waals surface area contributed by atoms with Gasteiger partial charge in [-0.15, -0.1) is 0 Å². The molecule has 1 rings (SSSR count). The van der Waals surface area contributed by atoms with Crippen molar-refractivity contribution < 1.29 is 14.3 Å². The molecule has 6 heteroatoms. The van der Waals surface area contributed by atoms with Crippen molar-refractivity contribution in [1.82, 2.24) is 0 Å². The first kappa shape index (κ1) is 13.7. The van der Waals surface area contributed by atoms with Crippen LogP contribution in [0.1, 0.15) is 5.56 Å². The highest BCUT2D eigenvalue weighted by molar-refractivity contribution is 8.03. The fourth-order valence-corrected chi connectivity index (χ4v) is 1.88. The summed E-state index contributed by atoms with van der Waals surface area (Å²) in [6.45, 7) is 1.64. The van der Waals surface area contributed by atoms with Gasteiger partial charge >= 0.3 is 5.97 Å². The Morgan fingerprint density at radius 1 is 1.59 bits per heavy atom. The highest BCUT2D eigenvalue weighted by Crippen LogP contribution is 2.32. The number of carbonyl (C=O) groups excluding carboxylic acids is 1. The van der Waals surface area contributed by atoms with E-state index in [0.717, 1.165) is 17.3 Å². The lowest BCUT2D eigenvalue weighted by Crippen LogP contribution is -2.13. The summed E-state index contributed by atoms with van der Waals surface area (Å²) in [6.07, 6.45) is 0. The molecule has 0 saturated carbocycles. The first-order chi connectivity index (χ1) is 8.08. The molecule has 0 saturated heterocycles. The van der Waals surface area contributed by atoms with Crippen molar-refractivity contribution in [3.05, 3.63) is 22.7 Å². The van der Waals surface area contributed by atoms with Gasteiger partial charge in [0.05, 0.1) is 12.1 Å². The van der Waals surface area contributed by atoms with Gasteiger partial charge in [-0.25, -0.2) is 4.79 Å². The van der Waals surface area contributed by atoms with Gasteiger partial charge in [0, 0.05) is 11.0 Å². The maximum absolute atomic E-state index is 10.9. The van der Waals surface area contributed by atoms with Crippen LogP contribution in [-0.2, 0) is 9.53 Å². The molecule has 4 nitrogen and oxygen atoms in total. The molecule has 1 aromatic rings. The van der Waals surface area contributed by atoms with Crippen molar-refractivity contribution in [3.8, 4) is 11.2 Å². The number of methoxy groups -OCH3 is 1. The van der Waals surface area contributed by atoms with Gasteiger partial charge in [-0.1, -0.05) is 11.6 Å². The van der Waals surface area contributed by atoms with Crippen molar-refractivity contribution in [2.45, 2.75) is 11.8 Å². The van der Waals surface area contributed by atoms with E-state index >= 15 is 0 Å². The van der Waals surface area contributed by atoms with Crippen LogP contribution in [0, 0.1) is 17.6 Å². The summed E-state index contributed by atoms with van der Waals surface area (Å²) < 4.78 is 9.71. The van der Waals surface area contributed by atoms with Gasteiger partial charge in [0.1, 0.15) is 11.2 Å². The van der Waals surface area contributed by atoms with E-state index in [1.165, 1.54) is 7.11 Å². The molecule has 0 N–H and O–H groups in total. The average molecular weight is 272 g/mol. The third-order valence-corrected chi connectivity index (χ3v) is 3.03. The first-order valence-corrected chi connectivity index (χ1v) is 5.83. The van der Waals surface area contributed by atoms with Gasteiger partial charge in [0.25, 0.3) is 0 Å². The van der Waals surface area contributed by atoms with E-state index in [2.05, 4.69) is 4.74 Å². The Balaban J connectivity index is 2.85. The monoisotopic (exact) mass is 271 g/mol. The van der Waals surface area contributed by atoms with Crippen LogP contribution in [-0.4, -0.2) is 19.7 Å². The highest BCUT2D eigenvalue weighted by atomic mass is 35.5. The summed E-state index contributed by atoms with van der Waals surface area (Å²) in [5, 5.41) is 10.9. The van der Waals surface area contributed by atoms with Gasteiger partial charge in [0.2, 0.25) is 0 Å². The molecule has 0 radical (unpaired) electrons. The van der Waals surface area contributed by atoms with Gasteiger partial charge in [-0.3, -0.25) is 0 Å². The van der Waals surface area contributed by atoms with Crippen LogP contribution < -0.4 is 4.74 Å². The minimum atomic E-state index is -0.462. The van der Waals surface area contributed by atoms with Crippen molar-refractivity contribution in [1.29, 1.82) is 5.26 Å². The number of hydrogen-bond acceptors (Lipinski definition) is 5. The van der Waals surface area contributed by atoms with Crippen molar-refractivity contribution in [2.24, 2.45) is 0 Å². The molecule has 0 aliphatic heterocycles. The summed E-state index contributed by atoms with van der Waals surface area (Å²) in [5.41, 5.74) is 0.802. The summed E-state index contributed by atoms with van der Waals surface area (Å²) in [5.74, 6) is 0.0405. The van der Waals surface area contributed by atoms with Crippen LogP contribution in [0.5, 0.6) is 5.75 Å². The van der Waals surface area contributed by atoms with Crippen LogP contribution in [0.25, 0.3) is 0 Å². The van der Waals surface area contributed by atoms with E-state index in [9.17, 15) is 4.79 Å². The number of thiocyanates is 1. The molecule has 17 heavy (non-hydrogen) atoms. The predicted molar refractivity (Wildman–Crippen MR) is 65.2 cm³/mol. The van der Waals surface area contributed by atoms with E-state index < -0.39 is 5.97 Å². The third-order valence-electron chi connectivity index (χ3n) is 1.96. The molecule has 0 unspecified atom stereocenters. The van der Waals surface area contributed by atoms with E-state index in [1.807, 2.05) is 12.3 Å². The molecule has 0 amide bonds. The van der Waals surface area contributed by atoms with Gasteiger partial charge in [-0.05, 0) is 30.3 Å². The Hall–Kier alpha value is -1.38. The fraction of sp³-hybridized carbons (Fsp3) is 0.273. The smallest absolute Gasteiger partial charge is 0.343 e. The van der Waals surface area contributed by atoms with E-state index in [0.29, 0.717) is 15.7 Å². The Bertz CT molecular complexity index is 471. The zero-order valence-electron chi connectivity index (χ0n) is 9.32. The van der Waals surface area contributed by atoms with Crippen LogP contribution in [0.15, 0.2) is 17.0 Å². The third kappa shape index (κ3) is 3.84. The number of benzene rings is 1. The molecule has 1 aromatic carbocycles. The van der Waals surface area contributed by atoms with Gasteiger partial charge in [-0.2, -0.15) is 5.26 Å². The predicted octanol–water partition coefficient (Wildman–Crippen LogP) is 2.77. The van der Waals surface area contributed by atoms with E-state index in [1.54, 1.807) is 12.1 Å². The molecule has 0 aromatic heterocycles. The lowest BCUT2D eigenvalue weighted by atomic mass is 10.2. The average Bonchev–Trinajstić information content (AvgIpc) is 2.31. The van der Waals surface area contributed by atoms with E-state index in [4.69, 9.17) is 21.6 Å². The Kier molecular flexibility index (Phi) is 5.13. The van der Waals surface area contributed by atoms with Gasteiger partial charge < -0.3 is 9.47 Å². The number of thioether (sulfide) groups is 1. The summed E-state index contributed by atoms with van der Waals surface area (Å²) in [7, 11) is 1.29. The summed E-state index contributed by atoms with van der Waals surface area (Å²) in [6, 6.07) is 3.32. The number of rotatable bonds is 4. The zero-order chi connectivity index (χ0) is 12.8. The number of nitrogens with zero attached hydrogens (tertiary/aromatic N) is 1. The van der Waals surface area contributed by atoms with Crippen molar-refractivity contribution in [3.63, 3.8) is 0 Å². The minimum absolute atomic E-state index is 0.168. The van der Waals surface area contributed by atoms with Crippen LogP contribution in [0.4, 0.5) is 0 Å². The molecular formula is C11H10ClNO3S. The molecular weight excluding hydrogens is 262 g/mol. The number of hydrogen-bond donors (Lipinski definition) is 0. The van der Waals surface area contributed by atoms with Crippen LogP contribution in [0.3, 0.4) is 0 Å². The quantitative estimate of drug-likeness (QED) is 0.479. The number of carbonyl (C=O) groups is 1. The standard InChI is InChI=1S/C11H10ClNO3S/c1-7-3-10(17-6-13)8(12)4-9(7)16-5-11(14)15-2/h3-4H,5H2,1-2H3. The van der Waals surface area contributed by atoms with Crippen molar-refractivity contribution in [2.75, 3.05) is 13.7 Å². The second-order valence-corrected chi connectivity index (χ2v) is 4.34. The topological polar surface area (TPSA) is 59.3 Å². The molecule has 0 aliphatic carbocycles. The fourth-order valence-electron chi connectivity index (χ4n) is 1.12. The maximum atomic E-state index is 10.9. The van der Waals surface area contributed by atoms with Crippen LogP contribution >= 0.6 is 23.4 Å². The molecule has 90 valence electrons. The molecule has 0 fully saturated rings. The van der Waals surface area contributed by atoms with Crippen LogP contribution in [0.2, 0.25) is 5.02 Å². The van der Waals surface area contributed by atoms with Crippen molar-refractivity contribution >= 4 is 29.3 Å². The number of halogens is 1. The zero-order valence-corrected chi connectivity index (χ0v) is 10.9. The number of esters is 1. The first-order valence-electron chi connectivity index (χ1n) is 4.64. The Morgan fingerprint density at radius 3 is 2.88 bits per heavy atom. The second kappa shape index (κ2) is 6.38. The SMILES string of the molecule is COC(=O)COc1cc(Cl)c(SC#N)cc1C. The van der Waals surface area contributed by atoms with E-state index in [-0.39, 0.29) is 6.61 Å². The second-order valence-electron chi connectivity index (χ2n) is 3.11. The number of ether oxygens (including phenoxy) is 2. The number of aryl methyl sites for hydroxylation is 1. The summed E-state index contributed by atoms with van der Waals surface area (Å²) >= 11 is 6.94. The summed E-state index contributed by atoms with van der Waals surface area (Å²) in [4.78, 5) is 11.6. The molecule has 0 heterocycles. The molecule has 0 aliphatic rings. The molecule has 0 atom stereocenters. The molecule has 0 spiro atoms. The largest absolute Gasteiger partial charge is 0.482 e. The lowest BCUT2D eigenvalue weighted by Gasteiger charge is -2.10. The highest BCUT2D eigenvalue weighted by Gasteiger charge is 2.09. The normalized spacial score (nSPS) is 9.53. The lowest BCUT2D eigenvalue weighted by molar-refractivity contribution is -0.142. The Morgan fingerprint density at radius 2 is 2.29 bits per heavy atom. The maximum Gasteiger partial charge on any atom is 0.343 e. The Labute approximate surface area is 108 Å².